The number of hydrogen-bond donors (Lipinski definition) is 3. The van der Waals surface area contributed by atoms with Crippen LogP contribution in [0, 0.1) is 0 Å². The molecule has 0 saturated heterocycles. The molecule has 22 heavy (non-hydrogen) atoms. The maximum Gasteiger partial charge on any atom is 0.305 e. The molecule has 0 aliphatic heterocycles. The average molecular weight is 315 g/mol. The van der Waals surface area contributed by atoms with Crippen molar-refractivity contribution in [1.82, 2.24) is 15.5 Å². The van der Waals surface area contributed by atoms with E-state index in [2.05, 4.69) is 15.5 Å². The van der Waals surface area contributed by atoms with Crippen LogP contribution in [0.25, 0.3) is 10.9 Å². The van der Waals surface area contributed by atoms with E-state index in [0.29, 0.717) is 11.1 Å². The number of thiophene rings is 1. The lowest BCUT2D eigenvalue weighted by molar-refractivity contribution is -0.137. The van der Waals surface area contributed by atoms with Crippen LogP contribution in [0.2, 0.25) is 0 Å². The summed E-state index contributed by atoms with van der Waals surface area (Å²) in [7, 11) is 0. The molecule has 7 heteroatoms. The average Bonchev–Trinajstić information content (AvgIpc) is 3.16. The Kier molecular flexibility index (Phi) is 3.88. The normalized spacial score (nSPS) is 12.2. The SMILES string of the molecule is O=C(O)C[C@@H](NC(=O)c1cccc2cn[nH]c12)c1cccs1. The Labute approximate surface area is 129 Å². The van der Waals surface area contributed by atoms with Crippen molar-refractivity contribution in [3.05, 3.63) is 52.3 Å². The van der Waals surface area contributed by atoms with Gasteiger partial charge in [-0.3, -0.25) is 14.7 Å². The summed E-state index contributed by atoms with van der Waals surface area (Å²) in [5, 5.41) is 21.2. The van der Waals surface area contributed by atoms with Crippen molar-refractivity contribution < 1.29 is 14.7 Å². The minimum absolute atomic E-state index is 0.162. The van der Waals surface area contributed by atoms with Gasteiger partial charge in [-0.15, -0.1) is 11.3 Å². The van der Waals surface area contributed by atoms with Gasteiger partial charge in [-0.05, 0) is 17.5 Å². The van der Waals surface area contributed by atoms with Gasteiger partial charge in [0.05, 0.1) is 29.7 Å². The maximum atomic E-state index is 12.5. The zero-order valence-corrected chi connectivity index (χ0v) is 12.3. The number of rotatable bonds is 5. The third kappa shape index (κ3) is 2.84. The molecule has 0 saturated carbocycles. The molecule has 3 N–H and O–H groups in total. The highest BCUT2D eigenvalue weighted by Crippen LogP contribution is 2.23. The van der Waals surface area contributed by atoms with E-state index in [9.17, 15) is 9.59 Å². The number of benzene rings is 1. The molecule has 112 valence electrons. The summed E-state index contributed by atoms with van der Waals surface area (Å²) in [6.07, 6.45) is 1.48. The second-order valence-corrected chi connectivity index (χ2v) is 5.76. The third-order valence-corrected chi connectivity index (χ3v) is 4.28. The number of hydrogen-bond acceptors (Lipinski definition) is 4. The molecule has 1 aromatic carbocycles. The monoisotopic (exact) mass is 315 g/mol. The summed E-state index contributed by atoms with van der Waals surface area (Å²) < 4.78 is 0. The van der Waals surface area contributed by atoms with Crippen LogP contribution in [0.3, 0.4) is 0 Å². The Hall–Kier alpha value is -2.67. The molecule has 6 nitrogen and oxygen atoms in total. The molecule has 0 fully saturated rings. The lowest BCUT2D eigenvalue weighted by Crippen LogP contribution is -2.29. The lowest BCUT2D eigenvalue weighted by atomic mass is 10.1. The standard InChI is InChI=1S/C15H13N3O3S/c19-13(20)7-11(12-5-2-6-22-12)17-15(21)10-4-1-3-9-8-16-18-14(9)10/h1-6,8,11H,7H2,(H,16,18)(H,17,21)(H,19,20)/t11-/m1/s1. The molecule has 0 aliphatic rings. The lowest BCUT2D eigenvalue weighted by Gasteiger charge is -2.15. The Balaban J connectivity index is 1.88. The van der Waals surface area contributed by atoms with E-state index in [4.69, 9.17) is 5.11 Å². The Morgan fingerprint density at radius 3 is 2.91 bits per heavy atom. The third-order valence-electron chi connectivity index (χ3n) is 3.29. The fourth-order valence-corrected chi connectivity index (χ4v) is 3.06. The molecular formula is C15H13N3O3S. The number of carbonyl (C=O) groups is 2. The van der Waals surface area contributed by atoms with Crippen molar-refractivity contribution in [2.75, 3.05) is 0 Å². The smallest absolute Gasteiger partial charge is 0.305 e. The molecule has 2 aromatic heterocycles. The van der Waals surface area contributed by atoms with E-state index >= 15 is 0 Å². The van der Waals surface area contributed by atoms with Crippen LogP contribution in [0.4, 0.5) is 0 Å². The molecule has 1 atom stereocenters. The summed E-state index contributed by atoms with van der Waals surface area (Å²) in [6.45, 7) is 0. The molecule has 0 unspecified atom stereocenters. The first-order valence-corrected chi connectivity index (χ1v) is 7.51. The first kappa shape index (κ1) is 14.3. The molecule has 0 bridgehead atoms. The second-order valence-electron chi connectivity index (χ2n) is 4.78. The number of para-hydroxylation sites is 1. The van der Waals surface area contributed by atoms with E-state index in [0.717, 1.165) is 10.3 Å². The first-order valence-electron chi connectivity index (χ1n) is 6.63. The van der Waals surface area contributed by atoms with Gasteiger partial charge in [0.15, 0.2) is 0 Å². The van der Waals surface area contributed by atoms with Crippen molar-refractivity contribution in [3.8, 4) is 0 Å². The number of aliphatic carboxylic acids is 1. The van der Waals surface area contributed by atoms with E-state index in [1.54, 1.807) is 18.3 Å². The maximum absolute atomic E-state index is 12.5. The van der Waals surface area contributed by atoms with E-state index in [1.165, 1.54) is 11.3 Å². The zero-order chi connectivity index (χ0) is 15.5. The van der Waals surface area contributed by atoms with E-state index in [1.807, 2.05) is 23.6 Å². The number of aromatic nitrogens is 2. The van der Waals surface area contributed by atoms with Crippen LogP contribution in [0.1, 0.15) is 27.7 Å². The highest BCUT2D eigenvalue weighted by Gasteiger charge is 2.21. The summed E-state index contributed by atoms with van der Waals surface area (Å²) in [4.78, 5) is 24.3. The number of carboxylic acid groups (broad SMARTS) is 1. The van der Waals surface area contributed by atoms with E-state index in [-0.39, 0.29) is 12.3 Å². The quantitative estimate of drug-likeness (QED) is 0.674. The minimum atomic E-state index is -0.960. The molecule has 3 aromatic rings. The zero-order valence-electron chi connectivity index (χ0n) is 11.4. The number of fused-ring (bicyclic) bond motifs is 1. The Morgan fingerprint density at radius 2 is 2.18 bits per heavy atom. The Morgan fingerprint density at radius 1 is 1.32 bits per heavy atom. The molecule has 0 radical (unpaired) electrons. The number of carbonyl (C=O) groups excluding carboxylic acids is 1. The van der Waals surface area contributed by atoms with Gasteiger partial charge in [0, 0.05) is 10.3 Å². The van der Waals surface area contributed by atoms with Gasteiger partial charge in [0.25, 0.3) is 5.91 Å². The fraction of sp³-hybridized carbons (Fsp3) is 0.133. The summed E-state index contributed by atoms with van der Waals surface area (Å²) in [6, 6.07) is 8.39. The van der Waals surface area contributed by atoms with Crippen LogP contribution in [-0.4, -0.2) is 27.2 Å². The van der Waals surface area contributed by atoms with Crippen molar-refractivity contribution in [2.24, 2.45) is 0 Å². The van der Waals surface area contributed by atoms with Crippen molar-refractivity contribution in [1.29, 1.82) is 0 Å². The predicted octanol–water partition coefficient (Wildman–Crippen LogP) is 2.57. The minimum Gasteiger partial charge on any atom is -0.481 e. The van der Waals surface area contributed by atoms with Crippen molar-refractivity contribution in [3.63, 3.8) is 0 Å². The number of nitrogens with one attached hydrogen (secondary N) is 2. The highest BCUT2D eigenvalue weighted by molar-refractivity contribution is 7.10. The molecule has 0 aliphatic carbocycles. The molecular weight excluding hydrogens is 302 g/mol. The van der Waals surface area contributed by atoms with Gasteiger partial charge >= 0.3 is 5.97 Å². The van der Waals surface area contributed by atoms with Crippen LogP contribution in [0.15, 0.2) is 41.9 Å². The van der Waals surface area contributed by atoms with Crippen LogP contribution >= 0.6 is 11.3 Å². The van der Waals surface area contributed by atoms with Crippen LogP contribution in [-0.2, 0) is 4.79 Å². The van der Waals surface area contributed by atoms with Gasteiger partial charge in [-0.25, -0.2) is 0 Å². The van der Waals surface area contributed by atoms with Crippen molar-refractivity contribution >= 4 is 34.1 Å². The summed E-state index contributed by atoms with van der Waals surface area (Å²) in [5.41, 5.74) is 1.09. The van der Waals surface area contributed by atoms with Crippen LogP contribution < -0.4 is 5.32 Å². The first-order chi connectivity index (χ1) is 10.6. The molecule has 3 rings (SSSR count). The Bertz CT molecular complexity index is 810. The van der Waals surface area contributed by atoms with Crippen molar-refractivity contribution in [2.45, 2.75) is 12.5 Å². The number of aromatic amines is 1. The van der Waals surface area contributed by atoms with Gasteiger partial charge in [0.2, 0.25) is 0 Å². The summed E-state index contributed by atoms with van der Waals surface area (Å²) >= 11 is 1.42. The van der Waals surface area contributed by atoms with E-state index < -0.39 is 12.0 Å². The number of carboxylic acids is 1. The highest BCUT2D eigenvalue weighted by atomic mass is 32.1. The molecule has 2 heterocycles. The second kappa shape index (κ2) is 5.98. The summed E-state index contributed by atoms with van der Waals surface area (Å²) in [5.74, 6) is -1.28. The topological polar surface area (TPSA) is 95.1 Å². The fourth-order valence-electron chi connectivity index (χ4n) is 2.28. The largest absolute Gasteiger partial charge is 0.481 e. The van der Waals surface area contributed by atoms with Gasteiger partial charge < -0.3 is 10.4 Å². The van der Waals surface area contributed by atoms with Crippen LogP contribution in [0.5, 0.6) is 0 Å². The van der Waals surface area contributed by atoms with Gasteiger partial charge in [-0.2, -0.15) is 5.10 Å². The number of amides is 1. The van der Waals surface area contributed by atoms with Gasteiger partial charge in [-0.1, -0.05) is 18.2 Å². The molecule has 0 spiro atoms. The van der Waals surface area contributed by atoms with Gasteiger partial charge in [0.1, 0.15) is 0 Å². The molecule has 1 amide bonds. The predicted molar refractivity (Wildman–Crippen MR) is 82.9 cm³/mol. The number of H-pyrrole nitrogens is 1. The number of nitrogens with zero attached hydrogens (tertiary/aromatic N) is 1.